The average Bonchev–Trinajstić information content (AvgIpc) is 2.65. The van der Waals surface area contributed by atoms with Gasteiger partial charge in [-0.25, -0.2) is 27.5 Å². The lowest BCUT2D eigenvalue weighted by Crippen LogP contribution is -2.17. The van der Waals surface area contributed by atoms with E-state index in [0.29, 0.717) is 11.4 Å². The summed E-state index contributed by atoms with van der Waals surface area (Å²) in [4.78, 5) is 20.0. The summed E-state index contributed by atoms with van der Waals surface area (Å²) < 4.78 is 41.4. The van der Waals surface area contributed by atoms with E-state index in [-0.39, 0.29) is 27.3 Å². The lowest BCUT2D eigenvalue weighted by molar-refractivity contribution is -0.115. The molecule has 0 saturated carbocycles. The molecule has 3 aromatic rings. The number of nitrogens with one attached hydrogen (secondary N) is 2. The molecule has 0 fully saturated rings. The summed E-state index contributed by atoms with van der Waals surface area (Å²) >= 11 is 3.08. The molecule has 0 radical (unpaired) electrons. The number of hydrogen-bond acceptors (Lipinski definition) is 5. The van der Waals surface area contributed by atoms with Crippen LogP contribution in [0, 0.1) is 12.7 Å². The number of rotatable bonds is 6. The van der Waals surface area contributed by atoms with Crippen LogP contribution in [0.4, 0.5) is 16.0 Å². The van der Waals surface area contributed by atoms with E-state index in [9.17, 15) is 17.6 Å². The van der Waals surface area contributed by atoms with Gasteiger partial charge in [0.1, 0.15) is 5.82 Å². The van der Waals surface area contributed by atoms with Gasteiger partial charge in [-0.3, -0.25) is 4.79 Å². The van der Waals surface area contributed by atoms with Crippen LogP contribution < -0.4 is 10.0 Å². The van der Waals surface area contributed by atoms with Gasteiger partial charge in [0.2, 0.25) is 11.9 Å². The number of aryl methyl sites for hydroxylation is 1. The van der Waals surface area contributed by atoms with Crippen LogP contribution in [-0.2, 0) is 21.2 Å². The summed E-state index contributed by atoms with van der Waals surface area (Å²) in [5, 5.41) is 2.61. The third kappa shape index (κ3) is 5.36. The fourth-order valence-corrected chi connectivity index (χ4v) is 3.82. The van der Waals surface area contributed by atoms with Crippen molar-refractivity contribution in [2.24, 2.45) is 0 Å². The fourth-order valence-electron chi connectivity index (χ4n) is 2.46. The summed E-state index contributed by atoms with van der Waals surface area (Å²) in [6.07, 6.45) is 1.30. The Kier molecular flexibility index (Phi) is 6.23. The van der Waals surface area contributed by atoms with Crippen molar-refractivity contribution in [3.63, 3.8) is 0 Å². The monoisotopic (exact) mass is 478 g/mol. The van der Waals surface area contributed by atoms with E-state index in [1.54, 1.807) is 25.1 Å². The molecule has 2 N–H and O–H groups in total. The number of amides is 1. The number of aromatic nitrogens is 2. The maximum Gasteiger partial charge on any atom is 0.264 e. The van der Waals surface area contributed by atoms with Gasteiger partial charge in [0.15, 0.2) is 0 Å². The van der Waals surface area contributed by atoms with Crippen molar-refractivity contribution in [2.45, 2.75) is 18.2 Å². The summed E-state index contributed by atoms with van der Waals surface area (Å²) in [6, 6.07) is 11.9. The number of carbonyl (C=O) groups excluding carboxylic acids is 1. The number of anilines is 2. The van der Waals surface area contributed by atoms with Crippen LogP contribution >= 0.6 is 15.9 Å². The van der Waals surface area contributed by atoms with Gasteiger partial charge in [0.25, 0.3) is 10.0 Å². The molecule has 1 aromatic heterocycles. The van der Waals surface area contributed by atoms with Crippen molar-refractivity contribution in [1.29, 1.82) is 0 Å². The molecule has 0 atom stereocenters. The minimum absolute atomic E-state index is 0.0151. The maximum absolute atomic E-state index is 14.0. The Morgan fingerprint density at radius 3 is 2.55 bits per heavy atom. The molecule has 0 aliphatic rings. The van der Waals surface area contributed by atoms with Gasteiger partial charge in [0, 0.05) is 17.6 Å². The molecule has 29 heavy (non-hydrogen) atoms. The topological polar surface area (TPSA) is 101 Å². The second kappa shape index (κ2) is 8.66. The molecule has 1 amide bonds. The smallest absolute Gasteiger partial charge is 0.264 e. The molecule has 10 heteroatoms. The van der Waals surface area contributed by atoms with E-state index in [1.807, 2.05) is 0 Å². The molecule has 3 rings (SSSR count). The minimum atomic E-state index is -3.88. The quantitative estimate of drug-likeness (QED) is 0.562. The summed E-state index contributed by atoms with van der Waals surface area (Å²) in [5.74, 6) is -0.948. The van der Waals surface area contributed by atoms with Crippen LogP contribution in [0.5, 0.6) is 0 Å². The average molecular weight is 479 g/mol. The minimum Gasteiger partial charge on any atom is -0.326 e. The molecule has 150 valence electrons. The van der Waals surface area contributed by atoms with Crippen LogP contribution in [-0.4, -0.2) is 24.3 Å². The fraction of sp³-hybridized carbons (Fsp3) is 0.105. The molecule has 2 aromatic carbocycles. The Labute approximate surface area is 175 Å². The first-order valence-corrected chi connectivity index (χ1v) is 10.7. The van der Waals surface area contributed by atoms with Crippen molar-refractivity contribution in [1.82, 2.24) is 9.97 Å². The van der Waals surface area contributed by atoms with E-state index in [1.165, 1.54) is 36.5 Å². The van der Waals surface area contributed by atoms with Crippen molar-refractivity contribution in [3.8, 4) is 0 Å². The largest absolute Gasteiger partial charge is 0.326 e. The van der Waals surface area contributed by atoms with E-state index < -0.39 is 21.7 Å². The number of sulfonamides is 1. The highest BCUT2D eigenvalue weighted by atomic mass is 79.9. The van der Waals surface area contributed by atoms with Crippen molar-refractivity contribution < 1.29 is 17.6 Å². The maximum atomic E-state index is 14.0. The molecule has 0 saturated heterocycles. The van der Waals surface area contributed by atoms with Crippen LogP contribution in [0.15, 0.2) is 64.1 Å². The van der Waals surface area contributed by atoms with Gasteiger partial charge in [-0.1, -0.05) is 12.1 Å². The molecule has 0 unspecified atom stereocenters. The first kappa shape index (κ1) is 20.9. The Balaban J connectivity index is 1.68. The van der Waals surface area contributed by atoms with Gasteiger partial charge in [-0.15, -0.1) is 0 Å². The highest BCUT2D eigenvalue weighted by Crippen LogP contribution is 2.20. The molecule has 1 heterocycles. The summed E-state index contributed by atoms with van der Waals surface area (Å²) in [7, 11) is -3.88. The Hall–Kier alpha value is -2.85. The second-order valence-corrected chi connectivity index (χ2v) is 8.63. The molecule has 0 aliphatic carbocycles. The Morgan fingerprint density at radius 2 is 1.86 bits per heavy atom. The molecule has 0 bridgehead atoms. The predicted molar refractivity (Wildman–Crippen MR) is 110 cm³/mol. The lowest BCUT2D eigenvalue weighted by atomic mass is 10.1. The van der Waals surface area contributed by atoms with Crippen molar-refractivity contribution >= 4 is 43.5 Å². The van der Waals surface area contributed by atoms with E-state index in [0.717, 1.165) is 0 Å². The van der Waals surface area contributed by atoms with Crippen LogP contribution in [0.2, 0.25) is 0 Å². The van der Waals surface area contributed by atoms with Gasteiger partial charge < -0.3 is 5.32 Å². The first-order chi connectivity index (χ1) is 13.7. The Bertz CT molecular complexity index is 1150. The number of hydrogen-bond donors (Lipinski definition) is 2. The van der Waals surface area contributed by atoms with Crippen LogP contribution in [0.25, 0.3) is 0 Å². The highest BCUT2D eigenvalue weighted by Gasteiger charge is 2.16. The Morgan fingerprint density at radius 1 is 1.14 bits per heavy atom. The third-order valence-electron chi connectivity index (χ3n) is 3.85. The second-order valence-electron chi connectivity index (χ2n) is 6.09. The number of halogens is 2. The molecule has 0 aliphatic heterocycles. The predicted octanol–water partition coefficient (Wildman–Crippen LogP) is 3.67. The van der Waals surface area contributed by atoms with Crippen LogP contribution in [0.3, 0.4) is 0 Å². The van der Waals surface area contributed by atoms with Gasteiger partial charge in [-0.2, -0.15) is 0 Å². The third-order valence-corrected chi connectivity index (χ3v) is 5.81. The van der Waals surface area contributed by atoms with E-state index >= 15 is 0 Å². The highest BCUT2D eigenvalue weighted by molar-refractivity contribution is 9.10. The number of nitrogens with zero attached hydrogens (tertiary/aromatic N) is 2. The van der Waals surface area contributed by atoms with Crippen LogP contribution in [0.1, 0.15) is 11.3 Å². The summed E-state index contributed by atoms with van der Waals surface area (Å²) in [6.45, 7) is 1.72. The van der Waals surface area contributed by atoms with E-state index in [2.05, 4.69) is 35.9 Å². The molecule has 0 spiro atoms. The lowest BCUT2D eigenvalue weighted by Gasteiger charge is -2.09. The SMILES string of the molecule is Cc1ccnc(NS(=O)(=O)c2ccc(NC(=O)Cc3cccc(Br)c3F)cc2)n1. The zero-order valence-electron chi connectivity index (χ0n) is 15.2. The zero-order chi connectivity index (χ0) is 21.0. The molecule has 7 nitrogen and oxygen atoms in total. The van der Waals surface area contributed by atoms with Crippen molar-refractivity contribution in [3.05, 3.63) is 76.3 Å². The molecular formula is C19H16BrFN4O3S. The number of carbonyl (C=O) groups is 1. The summed E-state index contributed by atoms with van der Waals surface area (Å²) in [5.41, 5.74) is 1.26. The zero-order valence-corrected chi connectivity index (χ0v) is 17.6. The number of benzene rings is 2. The molecular weight excluding hydrogens is 463 g/mol. The first-order valence-electron chi connectivity index (χ1n) is 8.40. The van der Waals surface area contributed by atoms with E-state index in [4.69, 9.17) is 0 Å². The standard InChI is InChI=1S/C19H16BrFN4O3S/c1-12-9-10-22-19(23-12)25-29(27,28)15-7-5-14(6-8-15)24-17(26)11-13-3-2-4-16(20)18(13)21/h2-10H,11H2,1H3,(H,24,26)(H,22,23,25). The van der Waals surface area contributed by atoms with Crippen molar-refractivity contribution in [2.75, 3.05) is 10.0 Å². The van der Waals surface area contributed by atoms with Gasteiger partial charge in [0.05, 0.1) is 15.8 Å². The van der Waals surface area contributed by atoms with Gasteiger partial charge >= 0.3 is 0 Å². The van der Waals surface area contributed by atoms with Gasteiger partial charge in [-0.05, 0) is 64.8 Å². The normalized spacial score (nSPS) is 11.1.